The van der Waals surface area contributed by atoms with Crippen molar-refractivity contribution in [1.29, 1.82) is 0 Å². The zero-order valence-corrected chi connectivity index (χ0v) is 41.3. The van der Waals surface area contributed by atoms with Crippen LogP contribution < -0.4 is 5.73 Å². The Labute approximate surface area is 405 Å². The first-order chi connectivity index (χ1) is 33.3. The Hall–Kier alpha value is -7.12. The molecule has 1 amide bonds. The maximum absolute atomic E-state index is 13.5. The fraction of sp³-hybridized carbons (Fsp3) is 0.520. The number of carbonyl (C=O) groups is 8. The van der Waals surface area contributed by atoms with Gasteiger partial charge < -0.3 is 48.9 Å². The van der Waals surface area contributed by atoms with Crippen LogP contribution in [0.3, 0.4) is 0 Å². The van der Waals surface area contributed by atoms with Crippen molar-refractivity contribution in [2.75, 3.05) is 49.8 Å². The molecule has 0 fully saturated rings. The SMILES string of the molecule is COC(=O)CCc1c(CCC(=O)OC)c2cc3[nH]c(cc4nc(cc5nc(cc1[nH]2)[C@@](C)(CC(N)=O)[C@@H]5CCC(=O)OC)[C@@](C)(CC(=O)OC)[C@H]4CCC(=O)OC)c(CC(=O)OC)c3CCC(=O)OC. The van der Waals surface area contributed by atoms with Gasteiger partial charge in [0, 0.05) is 106 Å². The van der Waals surface area contributed by atoms with Gasteiger partial charge in [0.05, 0.1) is 62.6 Å². The minimum Gasteiger partial charge on any atom is -0.469 e. The molecule has 70 heavy (non-hydrogen) atoms. The summed E-state index contributed by atoms with van der Waals surface area (Å²) in [4.78, 5) is 121. The Balaban J connectivity index is 2.11. The molecule has 2 aliphatic rings. The highest BCUT2D eigenvalue weighted by Gasteiger charge is 2.48. The van der Waals surface area contributed by atoms with Crippen molar-refractivity contribution < 1.29 is 71.5 Å². The van der Waals surface area contributed by atoms with Gasteiger partial charge in [0.1, 0.15) is 0 Å². The Bertz CT molecular complexity index is 2690. The molecule has 0 spiro atoms. The quantitative estimate of drug-likeness (QED) is 0.0957. The maximum Gasteiger partial charge on any atom is 0.310 e. The second-order valence-corrected chi connectivity index (χ2v) is 17.8. The van der Waals surface area contributed by atoms with Crippen LogP contribution in [0.25, 0.3) is 22.1 Å². The number of H-pyrrole nitrogens is 2. The summed E-state index contributed by atoms with van der Waals surface area (Å²) in [6.07, 6.45) is -0.472. The van der Waals surface area contributed by atoms with E-state index in [0.29, 0.717) is 67.1 Å². The predicted octanol–water partition coefficient (Wildman–Crippen LogP) is 4.78. The Kier molecular flexibility index (Phi) is 18.0. The average Bonchev–Trinajstić information content (AvgIpc) is 3.99. The van der Waals surface area contributed by atoms with Crippen LogP contribution in [0.2, 0.25) is 0 Å². The molecule has 4 N–H and O–H groups in total. The molecule has 0 radical (unpaired) electrons. The number of aryl methyl sites for hydroxylation is 3. The van der Waals surface area contributed by atoms with E-state index in [1.54, 1.807) is 24.3 Å². The molecule has 4 atom stereocenters. The molecule has 20 heteroatoms. The summed E-state index contributed by atoms with van der Waals surface area (Å²) in [5, 5.41) is 0. The van der Waals surface area contributed by atoms with E-state index in [0.717, 1.165) is 0 Å². The lowest BCUT2D eigenvalue weighted by atomic mass is 9.69. The van der Waals surface area contributed by atoms with Gasteiger partial charge in [0.15, 0.2) is 0 Å². The summed E-state index contributed by atoms with van der Waals surface area (Å²) < 4.78 is 35.6. The number of rotatable bonds is 21. The Morgan fingerprint density at radius 3 is 1.26 bits per heavy atom. The molecule has 5 heterocycles. The molecular weight excluding hydrogens is 911 g/mol. The molecule has 8 bridgehead atoms. The Morgan fingerprint density at radius 2 is 0.829 bits per heavy atom. The van der Waals surface area contributed by atoms with E-state index in [-0.39, 0.29) is 83.5 Å². The number of primary amides is 1. The number of hydrogen-bond donors (Lipinski definition) is 3. The first kappa shape index (κ1) is 53.8. The predicted molar refractivity (Wildman–Crippen MR) is 251 cm³/mol. The monoisotopic (exact) mass is 973 g/mol. The van der Waals surface area contributed by atoms with Gasteiger partial charge in [0.25, 0.3) is 0 Å². The van der Waals surface area contributed by atoms with E-state index < -0.39 is 70.4 Å². The van der Waals surface area contributed by atoms with Gasteiger partial charge in [-0.2, -0.15) is 0 Å². The van der Waals surface area contributed by atoms with Crippen LogP contribution in [0.15, 0.2) is 24.3 Å². The van der Waals surface area contributed by atoms with Crippen molar-refractivity contribution >= 4 is 69.8 Å². The van der Waals surface area contributed by atoms with Crippen molar-refractivity contribution in [3.63, 3.8) is 0 Å². The second-order valence-electron chi connectivity index (χ2n) is 17.8. The first-order valence-electron chi connectivity index (χ1n) is 22.8. The smallest absolute Gasteiger partial charge is 0.310 e. The fourth-order valence-corrected chi connectivity index (χ4v) is 9.75. The van der Waals surface area contributed by atoms with Gasteiger partial charge in [-0.3, -0.25) is 48.3 Å². The molecule has 0 aromatic carbocycles. The molecule has 0 unspecified atom stereocenters. The molecule has 2 aliphatic heterocycles. The van der Waals surface area contributed by atoms with Gasteiger partial charge in [-0.15, -0.1) is 0 Å². The largest absolute Gasteiger partial charge is 0.469 e. The zero-order valence-electron chi connectivity index (χ0n) is 41.3. The van der Waals surface area contributed by atoms with Crippen LogP contribution in [-0.4, -0.2) is 117 Å². The molecule has 20 nitrogen and oxygen atoms in total. The minimum atomic E-state index is -1.19. The van der Waals surface area contributed by atoms with Crippen LogP contribution >= 0.6 is 0 Å². The molecule has 5 rings (SSSR count). The lowest BCUT2D eigenvalue weighted by Crippen LogP contribution is -2.33. The number of nitrogens with one attached hydrogen (secondary N) is 2. The molecule has 0 saturated carbocycles. The van der Waals surface area contributed by atoms with Crippen LogP contribution in [0.1, 0.15) is 129 Å². The number of fused-ring (bicyclic) bond motifs is 8. The molecule has 3 aromatic heterocycles. The van der Waals surface area contributed by atoms with Crippen molar-refractivity contribution in [1.82, 2.24) is 19.9 Å². The average molecular weight is 974 g/mol. The van der Waals surface area contributed by atoms with Crippen molar-refractivity contribution in [2.24, 2.45) is 5.73 Å². The van der Waals surface area contributed by atoms with Gasteiger partial charge >= 0.3 is 41.8 Å². The summed E-state index contributed by atoms with van der Waals surface area (Å²) in [6, 6.07) is 6.99. The summed E-state index contributed by atoms with van der Waals surface area (Å²) in [7, 11) is 8.87. The number of carbonyl (C=O) groups excluding carboxylic acids is 8. The third-order valence-corrected chi connectivity index (χ3v) is 13.6. The fourth-order valence-electron chi connectivity index (χ4n) is 9.75. The van der Waals surface area contributed by atoms with Crippen molar-refractivity contribution in [2.45, 2.75) is 120 Å². The number of hydrogen-bond acceptors (Lipinski definition) is 17. The summed E-state index contributed by atoms with van der Waals surface area (Å²) in [5.41, 5.74) is 9.18. The van der Waals surface area contributed by atoms with E-state index in [1.165, 1.54) is 49.8 Å². The van der Waals surface area contributed by atoms with Crippen LogP contribution in [0.5, 0.6) is 0 Å². The van der Waals surface area contributed by atoms with Crippen LogP contribution in [0, 0.1) is 0 Å². The van der Waals surface area contributed by atoms with E-state index in [4.69, 9.17) is 48.9 Å². The summed E-state index contributed by atoms with van der Waals surface area (Å²) in [6.45, 7) is 3.64. The number of methoxy groups -OCH3 is 7. The highest BCUT2D eigenvalue weighted by atomic mass is 16.5. The van der Waals surface area contributed by atoms with Gasteiger partial charge in [0.2, 0.25) is 5.91 Å². The van der Waals surface area contributed by atoms with Gasteiger partial charge in [-0.05, 0) is 78.6 Å². The molecular formula is C50H63N5O15. The maximum atomic E-state index is 13.5. The first-order valence-corrected chi connectivity index (χ1v) is 22.8. The topological polar surface area (TPSA) is 285 Å². The number of nitrogens with two attached hydrogens (primary N) is 1. The number of ether oxygens (including phenoxy) is 7. The third-order valence-electron chi connectivity index (χ3n) is 13.6. The van der Waals surface area contributed by atoms with E-state index in [1.807, 2.05) is 13.8 Å². The lowest BCUT2D eigenvalue weighted by molar-refractivity contribution is -0.143. The van der Waals surface area contributed by atoms with E-state index in [2.05, 4.69) is 9.97 Å². The van der Waals surface area contributed by atoms with E-state index >= 15 is 0 Å². The number of amides is 1. The summed E-state index contributed by atoms with van der Waals surface area (Å²) >= 11 is 0. The second kappa shape index (κ2) is 23.5. The van der Waals surface area contributed by atoms with Crippen molar-refractivity contribution in [3.8, 4) is 0 Å². The number of aromatic nitrogens is 4. The Morgan fingerprint density at radius 1 is 0.471 bits per heavy atom. The van der Waals surface area contributed by atoms with Crippen molar-refractivity contribution in [3.05, 3.63) is 69.3 Å². The standard InChI is InChI=1S/C50H63N5O15/c1-49(25-41(51)56)32(14-19-46(61)68-7)38-24-40-50(2,26-48(63)70-9)31(13-18-45(60)67-6)37(54-40)22-35-30(20-47(62)69-8)29(12-17-44(59)66-5)34(52-35)21-33-27(10-15-42(57)64-3)28(11-16-43(58)65-4)36(53-33)23-39(49)55-38/h21-24,31-32,52-53H,10-20,25-26H2,1-9H3,(H2,51,56)/t31-,32+,49-,50-/m0/s1. The lowest BCUT2D eigenvalue weighted by Gasteiger charge is -2.32. The highest BCUT2D eigenvalue weighted by molar-refractivity contribution is 5.85. The number of nitrogens with zero attached hydrogens (tertiary/aromatic N) is 2. The molecule has 3 aromatic rings. The van der Waals surface area contributed by atoms with Gasteiger partial charge in [-0.25, -0.2) is 0 Å². The third kappa shape index (κ3) is 12.2. The zero-order chi connectivity index (χ0) is 51.5. The number of aromatic amines is 2. The van der Waals surface area contributed by atoms with Crippen LogP contribution in [0.4, 0.5) is 0 Å². The van der Waals surface area contributed by atoms with Crippen LogP contribution in [-0.2, 0) is 108 Å². The van der Waals surface area contributed by atoms with Gasteiger partial charge in [-0.1, -0.05) is 13.8 Å². The minimum absolute atomic E-state index is 0.0645. The molecule has 0 saturated heterocycles. The normalized spacial score (nSPS) is 18.3. The molecule has 378 valence electrons. The highest BCUT2D eigenvalue weighted by Crippen LogP contribution is 2.51. The molecule has 0 aliphatic carbocycles. The number of esters is 7. The van der Waals surface area contributed by atoms with E-state index in [9.17, 15) is 38.4 Å². The summed E-state index contributed by atoms with van der Waals surface area (Å²) in [5.74, 6) is -5.74.